The van der Waals surface area contributed by atoms with Gasteiger partial charge in [0.1, 0.15) is 0 Å². The van der Waals surface area contributed by atoms with Gasteiger partial charge in [0.15, 0.2) is 0 Å². The predicted octanol–water partition coefficient (Wildman–Crippen LogP) is 4.69. The van der Waals surface area contributed by atoms with Crippen molar-refractivity contribution in [3.05, 3.63) is 64.5 Å². The molecule has 1 amide bonds. The highest BCUT2D eigenvalue weighted by Gasteiger charge is 2.33. The number of aromatic nitrogens is 1. The van der Waals surface area contributed by atoms with Crippen LogP contribution in [-0.4, -0.2) is 46.9 Å². The second-order valence-electron chi connectivity index (χ2n) is 9.78. The van der Waals surface area contributed by atoms with Gasteiger partial charge in [-0.25, -0.2) is 0 Å². The highest BCUT2D eigenvalue weighted by atomic mass is 16.2. The van der Waals surface area contributed by atoms with Crippen molar-refractivity contribution in [3.63, 3.8) is 0 Å². The van der Waals surface area contributed by atoms with E-state index in [1.807, 2.05) is 6.20 Å². The minimum atomic E-state index is 0.199. The van der Waals surface area contributed by atoms with Crippen LogP contribution in [0.2, 0.25) is 0 Å². The molecule has 0 N–H and O–H groups in total. The molecule has 2 aliphatic carbocycles. The highest BCUT2D eigenvalue weighted by Crippen LogP contribution is 2.36. The SMILES string of the molecule is Cc1ccc2c(c1)CCc1cccnc1C2N1CCN(C(=O)CC2CCCCC2)CC1. The molecule has 0 radical (unpaired) electrons. The van der Waals surface area contributed by atoms with E-state index in [9.17, 15) is 4.79 Å². The summed E-state index contributed by atoms with van der Waals surface area (Å²) in [5.41, 5.74) is 6.78. The van der Waals surface area contributed by atoms with Crippen LogP contribution in [0.15, 0.2) is 36.5 Å². The summed E-state index contributed by atoms with van der Waals surface area (Å²) < 4.78 is 0. The topological polar surface area (TPSA) is 36.4 Å². The molecule has 2 heterocycles. The third-order valence-corrected chi connectivity index (χ3v) is 7.66. The lowest BCUT2D eigenvalue weighted by Crippen LogP contribution is -2.50. The Bertz CT molecular complexity index is 926. The van der Waals surface area contributed by atoms with E-state index in [2.05, 4.69) is 47.1 Å². The van der Waals surface area contributed by atoms with Gasteiger partial charge in [0.05, 0.1) is 11.7 Å². The van der Waals surface area contributed by atoms with Crippen molar-refractivity contribution in [3.8, 4) is 0 Å². The number of rotatable bonds is 3. The third kappa shape index (κ3) is 4.41. The van der Waals surface area contributed by atoms with Crippen LogP contribution in [0.5, 0.6) is 0 Å². The molecular weight excluding hydrogens is 382 g/mol. The van der Waals surface area contributed by atoms with Crippen molar-refractivity contribution in [2.45, 2.75) is 64.3 Å². The summed E-state index contributed by atoms with van der Waals surface area (Å²) in [5, 5.41) is 0. The Kier molecular flexibility index (Phi) is 6.08. The molecule has 4 heteroatoms. The normalized spacial score (nSPS) is 22.5. The van der Waals surface area contributed by atoms with Crippen LogP contribution in [0.3, 0.4) is 0 Å². The maximum absolute atomic E-state index is 12.9. The van der Waals surface area contributed by atoms with E-state index in [4.69, 9.17) is 4.98 Å². The van der Waals surface area contributed by atoms with E-state index < -0.39 is 0 Å². The number of amides is 1. The molecule has 1 aliphatic heterocycles. The average Bonchev–Trinajstić information content (AvgIpc) is 2.96. The molecule has 1 saturated carbocycles. The largest absolute Gasteiger partial charge is 0.340 e. The number of hydrogen-bond acceptors (Lipinski definition) is 3. The number of carbonyl (C=O) groups excluding carboxylic acids is 1. The number of piperazine rings is 1. The van der Waals surface area contributed by atoms with Gasteiger partial charge in [-0.05, 0) is 61.3 Å². The van der Waals surface area contributed by atoms with Crippen molar-refractivity contribution in [1.82, 2.24) is 14.8 Å². The summed E-state index contributed by atoms with van der Waals surface area (Å²) in [5.74, 6) is 0.995. The van der Waals surface area contributed by atoms with Crippen molar-refractivity contribution in [1.29, 1.82) is 0 Å². The lowest BCUT2D eigenvalue weighted by molar-refractivity contribution is -0.134. The number of nitrogens with zero attached hydrogens (tertiary/aromatic N) is 3. The Morgan fingerprint density at radius 1 is 1.00 bits per heavy atom. The van der Waals surface area contributed by atoms with Crippen LogP contribution < -0.4 is 0 Å². The monoisotopic (exact) mass is 417 g/mol. The fourth-order valence-electron chi connectivity index (χ4n) is 5.91. The zero-order valence-corrected chi connectivity index (χ0v) is 18.9. The summed E-state index contributed by atoms with van der Waals surface area (Å²) in [4.78, 5) is 22.5. The number of pyridine rings is 1. The Hall–Kier alpha value is -2.20. The summed E-state index contributed by atoms with van der Waals surface area (Å²) in [6.07, 6.45) is 11.3. The quantitative estimate of drug-likeness (QED) is 0.727. The molecule has 0 bridgehead atoms. The van der Waals surface area contributed by atoms with Crippen molar-refractivity contribution in [2.75, 3.05) is 26.2 Å². The van der Waals surface area contributed by atoms with Gasteiger partial charge in [0.25, 0.3) is 0 Å². The average molecular weight is 418 g/mol. The van der Waals surface area contributed by atoms with Gasteiger partial charge in [-0.15, -0.1) is 0 Å². The first-order valence-corrected chi connectivity index (χ1v) is 12.2. The molecule has 164 valence electrons. The highest BCUT2D eigenvalue weighted by molar-refractivity contribution is 5.76. The molecule has 4 nitrogen and oxygen atoms in total. The van der Waals surface area contributed by atoms with Gasteiger partial charge in [0.2, 0.25) is 5.91 Å². The Morgan fingerprint density at radius 3 is 2.58 bits per heavy atom. The first kappa shape index (κ1) is 20.7. The minimum Gasteiger partial charge on any atom is -0.340 e. The smallest absolute Gasteiger partial charge is 0.222 e. The second kappa shape index (κ2) is 9.12. The van der Waals surface area contributed by atoms with E-state index in [-0.39, 0.29) is 6.04 Å². The zero-order valence-electron chi connectivity index (χ0n) is 18.9. The van der Waals surface area contributed by atoms with Crippen LogP contribution >= 0.6 is 0 Å². The summed E-state index contributed by atoms with van der Waals surface area (Å²) in [6, 6.07) is 11.4. The Morgan fingerprint density at radius 2 is 1.77 bits per heavy atom. The summed E-state index contributed by atoms with van der Waals surface area (Å²) >= 11 is 0. The summed E-state index contributed by atoms with van der Waals surface area (Å²) in [6.45, 7) is 5.70. The lowest BCUT2D eigenvalue weighted by atomic mass is 9.86. The van der Waals surface area contributed by atoms with Crippen LogP contribution in [0, 0.1) is 12.8 Å². The number of hydrogen-bond donors (Lipinski definition) is 0. The van der Waals surface area contributed by atoms with Crippen LogP contribution in [0.25, 0.3) is 0 Å². The minimum absolute atomic E-state index is 0.199. The molecule has 1 aromatic heterocycles. The molecule has 31 heavy (non-hydrogen) atoms. The number of benzene rings is 1. The molecule has 0 spiro atoms. The molecule has 3 aliphatic rings. The van der Waals surface area contributed by atoms with Gasteiger partial charge in [-0.1, -0.05) is 49.1 Å². The van der Waals surface area contributed by atoms with Crippen LogP contribution in [-0.2, 0) is 17.6 Å². The molecular formula is C27H35N3O. The molecule has 1 aromatic carbocycles. The van der Waals surface area contributed by atoms with Gasteiger partial charge >= 0.3 is 0 Å². The fraction of sp³-hybridized carbons (Fsp3) is 0.556. The van der Waals surface area contributed by atoms with Crippen molar-refractivity contribution < 1.29 is 4.79 Å². The fourth-order valence-corrected chi connectivity index (χ4v) is 5.91. The first-order valence-electron chi connectivity index (χ1n) is 12.2. The first-order chi connectivity index (χ1) is 15.2. The maximum atomic E-state index is 12.9. The van der Waals surface area contributed by atoms with E-state index in [0.717, 1.165) is 45.4 Å². The number of aryl methyl sites for hydroxylation is 3. The molecule has 2 aromatic rings. The van der Waals surface area contributed by atoms with Crippen LogP contribution in [0.4, 0.5) is 0 Å². The molecule has 1 atom stereocenters. The van der Waals surface area contributed by atoms with Gasteiger partial charge in [-0.3, -0.25) is 14.7 Å². The second-order valence-corrected chi connectivity index (χ2v) is 9.78. The Balaban J connectivity index is 1.33. The Labute approximate surface area is 186 Å². The molecule has 5 rings (SSSR count). The van der Waals surface area contributed by atoms with E-state index in [1.54, 1.807) is 0 Å². The van der Waals surface area contributed by atoms with Crippen molar-refractivity contribution >= 4 is 5.91 Å². The van der Waals surface area contributed by atoms with E-state index in [1.165, 1.54) is 60.1 Å². The summed E-state index contributed by atoms with van der Waals surface area (Å²) in [7, 11) is 0. The molecule has 2 fully saturated rings. The van der Waals surface area contributed by atoms with Gasteiger partial charge < -0.3 is 4.90 Å². The predicted molar refractivity (Wildman–Crippen MR) is 124 cm³/mol. The third-order valence-electron chi connectivity index (χ3n) is 7.66. The lowest BCUT2D eigenvalue weighted by Gasteiger charge is -2.40. The standard InChI is InChI=1S/C27H35N3O/c1-20-9-12-24-23(18-20)11-10-22-8-5-13-28-26(22)27(24)30-16-14-29(15-17-30)25(31)19-21-6-3-2-4-7-21/h5,8-9,12-13,18,21,27H,2-4,6-7,10-11,14-17,19H2,1H3. The maximum Gasteiger partial charge on any atom is 0.222 e. The molecule has 1 unspecified atom stereocenters. The molecule has 1 saturated heterocycles. The van der Waals surface area contributed by atoms with Gasteiger partial charge in [0, 0.05) is 38.8 Å². The van der Waals surface area contributed by atoms with E-state index in [0.29, 0.717) is 11.8 Å². The van der Waals surface area contributed by atoms with E-state index >= 15 is 0 Å². The van der Waals surface area contributed by atoms with Crippen molar-refractivity contribution in [2.24, 2.45) is 5.92 Å². The van der Waals surface area contributed by atoms with Gasteiger partial charge in [-0.2, -0.15) is 0 Å². The number of carbonyl (C=O) groups is 1. The zero-order chi connectivity index (χ0) is 21.2. The number of fused-ring (bicyclic) bond motifs is 2. The van der Waals surface area contributed by atoms with Crippen LogP contribution in [0.1, 0.15) is 72.5 Å².